The highest BCUT2D eigenvalue weighted by atomic mass is 16.5. The van der Waals surface area contributed by atoms with Gasteiger partial charge >= 0.3 is 0 Å². The van der Waals surface area contributed by atoms with Gasteiger partial charge in [-0.3, -0.25) is 9.98 Å². The Labute approximate surface area is 207 Å². The van der Waals surface area contributed by atoms with E-state index in [0.29, 0.717) is 30.8 Å². The lowest BCUT2D eigenvalue weighted by atomic mass is 9.92. The quantitative estimate of drug-likeness (QED) is 0.540. The summed E-state index contributed by atoms with van der Waals surface area (Å²) in [5.41, 5.74) is 2.34. The van der Waals surface area contributed by atoms with Gasteiger partial charge in [-0.1, -0.05) is 0 Å². The molecule has 2 N–H and O–H groups in total. The van der Waals surface area contributed by atoms with Gasteiger partial charge in [0.05, 0.1) is 43.1 Å². The van der Waals surface area contributed by atoms with Gasteiger partial charge in [0.1, 0.15) is 17.0 Å². The van der Waals surface area contributed by atoms with Crippen molar-refractivity contribution in [2.75, 3.05) is 36.5 Å². The number of hydrogen-bond acceptors (Lipinski definition) is 9. The molecule has 0 unspecified atom stereocenters. The first-order chi connectivity index (χ1) is 16.9. The van der Waals surface area contributed by atoms with Crippen LogP contribution in [0.5, 0.6) is 5.75 Å². The fraction of sp³-hybridized carbons (Fsp3) is 0.538. The van der Waals surface area contributed by atoms with E-state index in [0.717, 1.165) is 61.6 Å². The smallest absolute Gasteiger partial charge is 0.159 e. The van der Waals surface area contributed by atoms with Crippen LogP contribution in [-0.4, -0.2) is 66.5 Å². The predicted octanol–water partition coefficient (Wildman–Crippen LogP) is 4.40. The second kappa shape index (κ2) is 11.1. The molecule has 0 amide bonds. The van der Waals surface area contributed by atoms with Gasteiger partial charge in [0.15, 0.2) is 5.82 Å². The van der Waals surface area contributed by atoms with Crippen molar-refractivity contribution in [3.63, 3.8) is 0 Å². The Kier molecular flexibility index (Phi) is 7.97. The summed E-state index contributed by atoms with van der Waals surface area (Å²) in [5, 5.41) is 13.6. The van der Waals surface area contributed by atoms with Crippen molar-refractivity contribution < 1.29 is 14.6 Å². The van der Waals surface area contributed by atoms with Gasteiger partial charge in [-0.05, 0) is 59.2 Å². The van der Waals surface area contributed by atoms with Gasteiger partial charge in [-0.25, -0.2) is 9.97 Å². The van der Waals surface area contributed by atoms with Crippen molar-refractivity contribution in [1.82, 2.24) is 9.97 Å². The monoisotopic (exact) mass is 480 g/mol. The van der Waals surface area contributed by atoms with Gasteiger partial charge in [-0.15, -0.1) is 0 Å². The molecule has 1 aliphatic carbocycles. The Morgan fingerprint density at radius 2 is 1.86 bits per heavy atom. The van der Waals surface area contributed by atoms with Crippen LogP contribution >= 0.6 is 0 Å². The van der Waals surface area contributed by atoms with Gasteiger partial charge in [0.2, 0.25) is 0 Å². The van der Waals surface area contributed by atoms with Crippen molar-refractivity contribution in [3.05, 3.63) is 30.4 Å². The van der Waals surface area contributed by atoms with E-state index in [9.17, 15) is 5.11 Å². The molecule has 1 aliphatic heterocycles. The number of ether oxygens (including phenoxy) is 2. The zero-order valence-electron chi connectivity index (χ0n) is 20.9. The predicted molar refractivity (Wildman–Crippen MR) is 140 cm³/mol. The Morgan fingerprint density at radius 1 is 1.17 bits per heavy atom. The summed E-state index contributed by atoms with van der Waals surface area (Å²) in [6, 6.07) is 4.44. The summed E-state index contributed by atoms with van der Waals surface area (Å²) in [6.45, 7) is 12.1. The number of aromatic nitrogens is 2. The Bertz CT molecular complexity index is 1020. The number of benzene rings is 1. The first kappa shape index (κ1) is 25.1. The van der Waals surface area contributed by atoms with E-state index in [4.69, 9.17) is 9.47 Å². The molecule has 0 radical (unpaired) electrons. The highest BCUT2D eigenvalue weighted by Gasteiger charge is 2.25. The number of aliphatic imine (C=N–C) groups is 2. The maximum Gasteiger partial charge on any atom is 0.159 e. The van der Waals surface area contributed by atoms with Crippen LogP contribution in [0.25, 0.3) is 0 Å². The zero-order chi connectivity index (χ0) is 24.8. The topological polar surface area (TPSA) is 104 Å². The normalized spacial score (nSPS) is 21.2. The van der Waals surface area contributed by atoms with Crippen LogP contribution in [-0.2, 0) is 10.3 Å². The fourth-order valence-corrected chi connectivity index (χ4v) is 4.53. The molecule has 1 aromatic carbocycles. The molecule has 2 heterocycles. The van der Waals surface area contributed by atoms with Crippen LogP contribution in [0.3, 0.4) is 0 Å². The lowest BCUT2D eigenvalue weighted by Gasteiger charge is -2.32. The molecular weight excluding hydrogens is 444 g/mol. The Balaban J connectivity index is 1.41. The van der Waals surface area contributed by atoms with Crippen LogP contribution in [0, 0.1) is 0 Å². The zero-order valence-corrected chi connectivity index (χ0v) is 20.9. The Hall–Kier alpha value is -3.04. The SMILES string of the molecule is C=Nc1c(/N=C\C)cc(N2CCOCC2)cc1O[C@H]1CC[C@@H](Nc2cnc(C(C)(C)O)nc2)CC1. The van der Waals surface area contributed by atoms with Crippen LogP contribution in [0.2, 0.25) is 0 Å². The third-order valence-electron chi connectivity index (χ3n) is 6.38. The largest absolute Gasteiger partial charge is 0.488 e. The minimum atomic E-state index is -1.05. The Morgan fingerprint density at radius 3 is 2.46 bits per heavy atom. The average Bonchev–Trinajstić information content (AvgIpc) is 2.86. The maximum absolute atomic E-state index is 10.0. The molecule has 2 aromatic rings. The average molecular weight is 481 g/mol. The fourth-order valence-electron chi connectivity index (χ4n) is 4.53. The first-order valence-electron chi connectivity index (χ1n) is 12.3. The standard InChI is InChI=1S/C26H36N6O3/c1-5-28-22-14-20(32-10-12-34-13-11-32)15-23(24(22)27-4)35-21-8-6-18(7-9-21)31-19-16-29-25(30-17-19)26(2,3)33/h5,14-18,21,31,33H,4,6-13H2,1-3H3/b28-5-/t18-,21+. The molecule has 9 nitrogen and oxygen atoms in total. The third kappa shape index (κ3) is 6.35. The molecule has 2 aliphatic rings. The van der Waals surface area contributed by atoms with E-state index in [1.54, 1.807) is 32.5 Å². The van der Waals surface area contributed by atoms with Gasteiger partial charge in [0.25, 0.3) is 0 Å². The molecule has 1 saturated heterocycles. The number of rotatable bonds is 8. The minimum absolute atomic E-state index is 0.0979. The molecule has 2 fully saturated rings. The van der Waals surface area contributed by atoms with E-state index in [1.165, 1.54) is 0 Å². The third-order valence-corrected chi connectivity index (χ3v) is 6.38. The molecule has 4 rings (SSSR count). The number of morpholine rings is 1. The maximum atomic E-state index is 10.0. The van der Waals surface area contributed by atoms with Crippen LogP contribution in [0.15, 0.2) is 34.5 Å². The molecule has 0 atom stereocenters. The second-order valence-electron chi connectivity index (χ2n) is 9.55. The van der Waals surface area contributed by atoms with E-state index in [-0.39, 0.29) is 6.10 Å². The van der Waals surface area contributed by atoms with E-state index < -0.39 is 5.60 Å². The summed E-state index contributed by atoms with van der Waals surface area (Å²) in [4.78, 5) is 19.7. The first-order valence-corrected chi connectivity index (χ1v) is 12.3. The summed E-state index contributed by atoms with van der Waals surface area (Å²) in [7, 11) is 0. The molecular formula is C26H36N6O3. The number of hydrogen-bond donors (Lipinski definition) is 2. The lowest BCUT2D eigenvalue weighted by Crippen LogP contribution is -2.36. The van der Waals surface area contributed by atoms with Crippen LogP contribution < -0.4 is 15.0 Å². The summed E-state index contributed by atoms with van der Waals surface area (Å²) >= 11 is 0. The van der Waals surface area contributed by atoms with E-state index in [1.807, 2.05) is 13.0 Å². The van der Waals surface area contributed by atoms with Crippen molar-refractivity contribution in [3.8, 4) is 5.75 Å². The molecule has 1 aromatic heterocycles. The number of nitrogens with one attached hydrogen (secondary N) is 1. The summed E-state index contributed by atoms with van der Waals surface area (Å²) < 4.78 is 12.0. The number of nitrogens with zero attached hydrogens (tertiary/aromatic N) is 5. The van der Waals surface area contributed by atoms with Crippen molar-refractivity contribution in [2.24, 2.45) is 9.98 Å². The van der Waals surface area contributed by atoms with Crippen molar-refractivity contribution in [1.29, 1.82) is 0 Å². The second-order valence-corrected chi connectivity index (χ2v) is 9.55. The van der Waals surface area contributed by atoms with Crippen molar-refractivity contribution in [2.45, 2.75) is 64.2 Å². The lowest BCUT2D eigenvalue weighted by molar-refractivity contribution is 0.0687. The molecule has 35 heavy (non-hydrogen) atoms. The molecule has 1 saturated carbocycles. The molecule has 0 bridgehead atoms. The number of aliphatic hydroxyl groups is 1. The van der Waals surface area contributed by atoms with E-state index in [2.05, 4.69) is 43.0 Å². The molecule has 9 heteroatoms. The summed E-state index contributed by atoms with van der Waals surface area (Å²) in [5.74, 6) is 1.15. The molecule has 188 valence electrons. The van der Waals surface area contributed by atoms with Gasteiger partial charge < -0.3 is 24.8 Å². The molecule has 0 spiro atoms. The highest BCUT2D eigenvalue weighted by molar-refractivity contribution is 5.80. The summed E-state index contributed by atoms with van der Waals surface area (Å²) in [6.07, 6.45) is 9.12. The highest BCUT2D eigenvalue weighted by Crippen LogP contribution is 2.43. The minimum Gasteiger partial charge on any atom is -0.488 e. The van der Waals surface area contributed by atoms with Crippen LogP contribution in [0.4, 0.5) is 22.7 Å². The van der Waals surface area contributed by atoms with Crippen LogP contribution in [0.1, 0.15) is 52.3 Å². The van der Waals surface area contributed by atoms with E-state index >= 15 is 0 Å². The van der Waals surface area contributed by atoms with Crippen molar-refractivity contribution >= 4 is 35.7 Å². The number of anilines is 2. The van der Waals surface area contributed by atoms with Gasteiger partial charge in [-0.2, -0.15) is 0 Å². The van der Waals surface area contributed by atoms with Gasteiger partial charge in [0, 0.05) is 37.1 Å².